The molecule has 0 heterocycles. The maximum atomic E-state index is 4.01. The molecule has 0 aromatic rings. The van der Waals surface area contributed by atoms with Crippen molar-refractivity contribution in [3.8, 4) is 0 Å². The van der Waals surface area contributed by atoms with Crippen LogP contribution in [0.4, 0.5) is 0 Å². The second-order valence-corrected chi connectivity index (χ2v) is 10.3. The number of rotatable bonds is 7. The second-order valence-electron chi connectivity index (χ2n) is 6.69. The van der Waals surface area contributed by atoms with Crippen LogP contribution in [0, 0.1) is 0 Å². The molecule has 0 aliphatic heterocycles. The summed E-state index contributed by atoms with van der Waals surface area (Å²) in [5, 5.41) is 0. The summed E-state index contributed by atoms with van der Waals surface area (Å²) in [6.45, 7) is 13.7. The SMILES string of the molecule is CC(C)N[Si](NC(C)C)(NC1CCCC1)C(C)C. The third-order valence-corrected chi connectivity index (χ3v) is 8.35. The molecule has 1 rings (SSSR count). The molecule has 0 bridgehead atoms. The van der Waals surface area contributed by atoms with Gasteiger partial charge in [-0.3, -0.25) is 0 Å². The number of nitrogens with one attached hydrogen (secondary N) is 3. The van der Waals surface area contributed by atoms with Crippen LogP contribution in [-0.4, -0.2) is 26.7 Å². The molecule has 1 aliphatic rings. The van der Waals surface area contributed by atoms with Gasteiger partial charge < -0.3 is 14.9 Å². The quantitative estimate of drug-likeness (QED) is 0.623. The maximum Gasteiger partial charge on any atom is 0.284 e. The smallest absolute Gasteiger partial charge is 0.284 e. The van der Waals surface area contributed by atoms with Crippen molar-refractivity contribution in [1.29, 1.82) is 0 Å². The monoisotopic (exact) mass is 271 g/mol. The van der Waals surface area contributed by atoms with Gasteiger partial charge in [0, 0.05) is 6.04 Å². The van der Waals surface area contributed by atoms with Crippen LogP contribution in [0.3, 0.4) is 0 Å². The van der Waals surface area contributed by atoms with Crippen LogP contribution in [0.2, 0.25) is 5.54 Å². The highest BCUT2D eigenvalue weighted by Crippen LogP contribution is 2.22. The van der Waals surface area contributed by atoms with Crippen molar-refractivity contribution in [2.75, 3.05) is 0 Å². The van der Waals surface area contributed by atoms with Crippen LogP contribution < -0.4 is 14.9 Å². The Bertz CT molecular complexity index is 225. The Labute approximate surface area is 115 Å². The first kappa shape index (κ1) is 16.2. The fourth-order valence-corrected chi connectivity index (χ4v) is 6.93. The van der Waals surface area contributed by atoms with E-state index >= 15 is 0 Å². The average molecular weight is 272 g/mol. The van der Waals surface area contributed by atoms with Gasteiger partial charge in [0.15, 0.2) is 0 Å². The Morgan fingerprint density at radius 3 is 1.61 bits per heavy atom. The fourth-order valence-electron chi connectivity index (χ4n) is 2.93. The van der Waals surface area contributed by atoms with Gasteiger partial charge in [0.1, 0.15) is 0 Å². The number of hydrogen-bond acceptors (Lipinski definition) is 3. The zero-order chi connectivity index (χ0) is 13.8. The summed E-state index contributed by atoms with van der Waals surface area (Å²) in [7, 11) is -1.81. The van der Waals surface area contributed by atoms with Crippen LogP contribution in [0.25, 0.3) is 0 Å². The van der Waals surface area contributed by atoms with Gasteiger partial charge in [0.2, 0.25) is 0 Å². The van der Waals surface area contributed by atoms with Gasteiger partial charge in [0.05, 0.1) is 0 Å². The molecule has 0 unspecified atom stereocenters. The molecule has 18 heavy (non-hydrogen) atoms. The molecule has 0 spiro atoms. The van der Waals surface area contributed by atoms with Crippen LogP contribution in [0.1, 0.15) is 67.2 Å². The molecule has 1 saturated carbocycles. The van der Waals surface area contributed by atoms with E-state index in [2.05, 4.69) is 56.5 Å². The van der Waals surface area contributed by atoms with Crippen molar-refractivity contribution in [1.82, 2.24) is 14.9 Å². The molecule has 0 aromatic carbocycles. The minimum atomic E-state index is -1.81. The summed E-state index contributed by atoms with van der Waals surface area (Å²) in [5.41, 5.74) is 0.642. The minimum absolute atomic E-state index is 0.527. The van der Waals surface area contributed by atoms with Crippen molar-refractivity contribution >= 4 is 8.56 Å². The first-order valence-corrected chi connectivity index (χ1v) is 9.76. The van der Waals surface area contributed by atoms with Gasteiger partial charge >= 0.3 is 0 Å². The minimum Gasteiger partial charge on any atom is -0.311 e. The van der Waals surface area contributed by atoms with Crippen molar-refractivity contribution in [3.05, 3.63) is 0 Å². The van der Waals surface area contributed by atoms with E-state index < -0.39 is 8.56 Å². The van der Waals surface area contributed by atoms with Gasteiger partial charge in [-0.25, -0.2) is 0 Å². The molecule has 3 nitrogen and oxygen atoms in total. The van der Waals surface area contributed by atoms with Gasteiger partial charge in [0.25, 0.3) is 8.56 Å². The summed E-state index contributed by atoms with van der Waals surface area (Å²) in [6, 6.07) is 1.77. The highest BCUT2D eigenvalue weighted by atomic mass is 28.4. The molecular formula is C14H33N3Si. The number of hydrogen-bond donors (Lipinski definition) is 3. The van der Waals surface area contributed by atoms with Gasteiger partial charge in [-0.2, -0.15) is 0 Å². The van der Waals surface area contributed by atoms with Crippen LogP contribution in [-0.2, 0) is 0 Å². The molecule has 108 valence electrons. The lowest BCUT2D eigenvalue weighted by atomic mass is 10.3. The third kappa shape index (κ3) is 4.65. The summed E-state index contributed by atoms with van der Waals surface area (Å²) < 4.78 is 0. The Kier molecular flexibility index (Phi) is 6.31. The zero-order valence-corrected chi connectivity index (χ0v) is 14.1. The third-order valence-electron chi connectivity index (χ3n) is 3.69. The fraction of sp³-hybridized carbons (Fsp3) is 1.00. The topological polar surface area (TPSA) is 36.1 Å². The van der Waals surface area contributed by atoms with Crippen molar-refractivity contribution < 1.29 is 0 Å². The summed E-state index contributed by atoms with van der Waals surface area (Å²) in [6.07, 6.45) is 5.48. The molecule has 4 heteroatoms. The average Bonchev–Trinajstić information content (AvgIpc) is 2.67. The predicted octanol–water partition coefficient (Wildman–Crippen LogP) is 2.86. The molecule has 0 aromatic heterocycles. The van der Waals surface area contributed by atoms with Crippen molar-refractivity contribution in [2.24, 2.45) is 0 Å². The molecule has 0 saturated heterocycles. The molecule has 0 amide bonds. The molecule has 1 aliphatic carbocycles. The van der Waals surface area contributed by atoms with Crippen molar-refractivity contribution in [2.45, 2.75) is 90.9 Å². The molecule has 3 N–H and O–H groups in total. The molecular weight excluding hydrogens is 238 g/mol. The standard InChI is InChI=1S/C14H33N3Si/c1-11(2)15-18(13(5)6,16-12(3)4)17-14-9-7-8-10-14/h11-17H,7-10H2,1-6H3. The Balaban J connectivity index is 2.79. The van der Waals surface area contributed by atoms with Gasteiger partial charge in [-0.1, -0.05) is 54.4 Å². The first-order valence-electron chi connectivity index (χ1n) is 7.69. The molecule has 1 fully saturated rings. The van der Waals surface area contributed by atoms with E-state index in [1.165, 1.54) is 25.7 Å². The summed E-state index contributed by atoms with van der Waals surface area (Å²) in [5.74, 6) is 0. The summed E-state index contributed by atoms with van der Waals surface area (Å²) >= 11 is 0. The summed E-state index contributed by atoms with van der Waals surface area (Å²) in [4.78, 5) is 11.7. The largest absolute Gasteiger partial charge is 0.311 e. The first-order chi connectivity index (χ1) is 8.35. The van der Waals surface area contributed by atoms with E-state index in [0.717, 1.165) is 6.04 Å². The Morgan fingerprint density at radius 2 is 1.28 bits per heavy atom. The highest BCUT2D eigenvalue weighted by Gasteiger charge is 2.41. The molecule has 0 radical (unpaired) electrons. The zero-order valence-electron chi connectivity index (χ0n) is 13.1. The van der Waals surface area contributed by atoms with Crippen molar-refractivity contribution in [3.63, 3.8) is 0 Å². The predicted molar refractivity (Wildman–Crippen MR) is 82.8 cm³/mol. The van der Waals surface area contributed by atoms with Crippen LogP contribution in [0.15, 0.2) is 0 Å². The lowest BCUT2D eigenvalue weighted by Gasteiger charge is -2.42. The second kappa shape index (κ2) is 7.03. The normalized spacial score (nSPS) is 18.5. The Hall–Kier alpha value is 0.0969. The Morgan fingerprint density at radius 1 is 0.833 bits per heavy atom. The highest BCUT2D eigenvalue weighted by molar-refractivity contribution is 6.74. The van der Waals surface area contributed by atoms with Gasteiger partial charge in [-0.05, 0) is 30.5 Å². The lowest BCUT2D eigenvalue weighted by Crippen LogP contribution is -2.77. The van der Waals surface area contributed by atoms with Crippen LogP contribution in [0.5, 0.6) is 0 Å². The van der Waals surface area contributed by atoms with E-state index in [9.17, 15) is 0 Å². The maximum absolute atomic E-state index is 4.01. The van der Waals surface area contributed by atoms with E-state index in [-0.39, 0.29) is 0 Å². The van der Waals surface area contributed by atoms with E-state index in [4.69, 9.17) is 0 Å². The van der Waals surface area contributed by atoms with E-state index in [0.29, 0.717) is 17.6 Å². The lowest BCUT2D eigenvalue weighted by molar-refractivity contribution is 0.546. The van der Waals surface area contributed by atoms with Crippen LogP contribution >= 0.6 is 0 Å². The molecule has 0 atom stereocenters. The van der Waals surface area contributed by atoms with E-state index in [1.54, 1.807) is 0 Å². The van der Waals surface area contributed by atoms with E-state index in [1.807, 2.05) is 0 Å². The van der Waals surface area contributed by atoms with Gasteiger partial charge in [-0.15, -0.1) is 0 Å².